The van der Waals surface area contributed by atoms with E-state index in [1.54, 1.807) is 0 Å². The first kappa shape index (κ1) is 20.0. The fourth-order valence-electron chi connectivity index (χ4n) is 3.50. The molecule has 0 aromatic heterocycles. The zero-order chi connectivity index (χ0) is 15.8. The first-order chi connectivity index (χ1) is 9.29. The van der Waals surface area contributed by atoms with Gasteiger partial charge in [-0.25, -0.2) is 0 Å². The zero-order valence-electron chi connectivity index (χ0n) is 15.8. The summed E-state index contributed by atoms with van der Waals surface area (Å²) in [6.45, 7) is 19.3. The Morgan fingerprint density at radius 2 is 1.45 bits per heavy atom. The average Bonchev–Trinajstić information content (AvgIpc) is 2.39. The number of hydrogen-bond acceptors (Lipinski definition) is 0. The molecule has 0 heterocycles. The minimum absolute atomic E-state index is 0.601. The normalized spacial score (nSPS) is 18.3. The molecule has 0 spiro atoms. The summed E-state index contributed by atoms with van der Waals surface area (Å²) in [7, 11) is 0. The molecular weight excluding hydrogens is 240 g/mol. The van der Waals surface area contributed by atoms with Gasteiger partial charge in [-0.3, -0.25) is 0 Å². The fraction of sp³-hybridized carbons (Fsp3) is 1.00. The van der Waals surface area contributed by atoms with Crippen molar-refractivity contribution in [2.45, 2.75) is 100 Å². The van der Waals surface area contributed by atoms with Crippen molar-refractivity contribution in [3.8, 4) is 0 Å². The third kappa shape index (κ3) is 6.64. The molecule has 0 N–H and O–H groups in total. The van der Waals surface area contributed by atoms with E-state index in [1.165, 1.54) is 44.9 Å². The first-order valence-electron chi connectivity index (χ1n) is 9.29. The van der Waals surface area contributed by atoms with Crippen LogP contribution in [0.3, 0.4) is 0 Å². The van der Waals surface area contributed by atoms with E-state index in [1.807, 2.05) is 0 Å². The van der Waals surface area contributed by atoms with Crippen LogP contribution < -0.4 is 0 Å². The molecule has 0 saturated carbocycles. The van der Waals surface area contributed by atoms with Crippen LogP contribution in [0.2, 0.25) is 0 Å². The highest BCUT2D eigenvalue weighted by molar-refractivity contribution is 4.85. The van der Waals surface area contributed by atoms with Gasteiger partial charge in [-0.2, -0.15) is 0 Å². The lowest BCUT2D eigenvalue weighted by atomic mass is 9.64. The summed E-state index contributed by atoms with van der Waals surface area (Å²) in [5, 5.41) is 0. The monoisotopic (exact) mass is 282 g/mol. The van der Waals surface area contributed by atoms with Gasteiger partial charge in [0.1, 0.15) is 0 Å². The first-order valence-corrected chi connectivity index (χ1v) is 9.29. The van der Waals surface area contributed by atoms with Crippen LogP contribution in [0.1, 0.15) is 100 Å². The fourth-order valence-corrected chi connectivity index (χ4v) is 3.50. The molecule has 0 saturated heterocycles. The highest BCUT2D eigenvalue weighted by Crippen LogP contribution is 2.45. The summed E-state index contributed by atoms with van der Waals surface area (Å²) in [6.07, 6.45) is 9.81. The molecule has 20 heavy (non-hydrogen) atoms. The molecule has 3 unspecified atom stereocenters. The summed E-state index contributed by atoms with van der Waals surface area (Å²) in [4.78, 5) is 0. The maximum Gasteiger partial charge on any atom is -0.0274 e. The lowest BCUT2D eigenvalue weighted by Gasteiger charge is -2.41. The molecule has 0 aliphatic carbocycles. The van der Waals surface area contributed by atoms with E-state index in [4.69, 9.17) is 0 Å². The second-order valence-electron chi connectivity index (χ2n) is 8.11. The molecule has 0 aromatic carbocycles. The van der Waals surface area contributed by atoms with Crippen LogP contribution in [-0.2, 0) is 0 Å². The van der Waals surface area contributed by atoms with Crippen molar-refractivity contribution in [1.29, 1.82) is 0 Å². The molecule has 0 amide bonds. The van der Waals surface area contributed by atoms with Crippen LogP contribution >= 0.6 is 0 Å². The smallest absolute Gasteiger partial charge is 0.0274 e. The lowest BCUT2D eigenvalue weighted by molar-refractivity contribution is 0.0942. The van der Waals surface area contributed by atoms with Gasteiger partial charge in [0.05, 0.1) is 0 Å². The Morgan fingerprint density at radius 3 is 1.85 bits per heavy atom. The molecule has 0 nitrogen and oxygen atoms in total. The van der Waals surface area contributed by atoms with Gasteiger partial charge in [0, 0.05) is 0 Å². The van der Waals surface area contributed by atoms with Gasteiger partial charge in [0.2, 0.25) is 0 Å². The second-order valence-corrected chi connectivity index (χ2v) is 8.11. The minimum atomic E-state index is 0.601. The molecule has 0 aromatic rings. The van der Waals surface area contributed by atoms with Crippen LogP contribution in [0.25, 0.3) is 0 Å². The van der Waals surface area contributed by atoms with Crippen molar-refractivity contribution in [3.05, 3.63) is 0 Å². The van der Waals surface area contributed by atoms with Crippen LogP contribution in [-0.4, -0.2) is 0 Å². The SMILES string of the molecule is CCCCC(CC)(CCC(C)C)C(C)CC(C)C(C)C. The number of hydrogen-bond donors (Lipinski definition) is 0. The molecule has 0 radical (unpaired) electrons. The van der Waals surface area contributed by atoms with E-state index in [-0.39, 0.29) is 0 Å². The van der Waals surface area contributed by atoms with Gasteiger partial charge in [-0.15, -0.1) is 0 Å². The molecule has 0 bridgehead atoms. The van der Waals surface area contributed by atoms with E-state index in [0.29, 0.717) is 5.41 Å². The van der Waals surface area contributed by atoms with Gasteiger partial charge in [0.25, 0.3) is 0 Å². The van der Waals surface area contributed by atoms with Crippen LogP contribution in [0.4, 0.5) is 0 Å². The average molecular weight is 283 g/mol. The van der Waals surface area contributed by atoms with E-state index >= 15 is 0 Å². The Labute approximate surface area is 130 Å². The molecule has 0 heteroatoms. The third-order valence-electron chi connectivity index (χ3n) is 5.86. The molecular formula is C20H42. The summed E-state index contributed by atoms with van der Waals surface area (Å²) in [6, 6.07) is 0. The van der Waals surface area contributed by atoms with Crippen molar-refractivity contribution >= 4 is 0 Å². The predicted octanol–water partition coefficient (Wildman–Crippen LogP) is 7.33. The summed E-state index contributed by atoms with van der Waals surface area (Å²) in [5.41, 5.74) is 0.601. The standard InChI is InChI=1S/C20H42/c1-9-11-13-20(10-2,14-12-16(3)4)19(8)15-18(7)17(5)6/h16-19H,9-15H2,1-8H3. The van der Waals surface area contributed by atoms with Crippen LogP contribution in [0.15, 0.2) is 0 Å². The third-order valence-corrected chi connectivity index (χ3v) is 5.86. The maximum absolute atomic E-state index is 2.54. The Morgan fingerprint density at radius 1 is 0.850 bits per heavy atom. The minimum Gasteiger partial charge on any atom is -0.0654 e. The Kier molecular flexibility index (Phi) is 9.85. The van der Waals surface area contributed by atoms with Crippen LogP contribution in [0.5, 0.6) is 0 Å². The van der Waals surface area contributed by atoms with Crippen molar-refractivity contribution in [1.82, 2.24) is 0 Å². The highest BCUT2D eigenvalue weighted by atomic mass is 14.4. The highest BCUT2D eigenvalue weighted by Gasteiger charge is 2.34. The van der Waals surface area contributed by atoms with E-state index in [9.17, 15) is 0 Å². The lowest BCUT2D eigenvalue weighted by Crippen LogP contribution is -2.31. The Balaban J connectivity index is 4.85. The molecule has 0 aliphatic heterocycles. The molecule has 122 valence electrons. The predicted molar refractivity (Wildman–Crippen MR) is 94.1 cm³/mol. The van der Waals surface area contributed by atoms with Crippen molar-refractivity contribution < 1.29 is 0 Å². The van der Waals surface area contributed by atoms with Gasteiger partial charge < -0.3 is 0 Å². The quantitative estimate of drug-likeness (QED) is 0.372. The van der Waals surface area contributed by atoms with Gasteiger partial charge >= 0.3 is 0 Å². The van der Waals surface area contributed by atoms with E-state index in [0.717, 1.165) is 23.7 Å². The zero-order valence-corrected chi connectivity index (χ0v) is 15.8. The van der Waals surface area contributed by atoms with Crippen molar-refractivity contribution in [2.75, 3.05) is 0 Å². The number of rotatable bonds is 11. The molecule has 0 aliphatic rings. The summed E-state index contributed by atoms with van der Waals surface area (Å²) in [5.74, 6) is 3.40. The topological polar surface area (TPSA) is 0 Å². The summed E-state index contributed by atoms with van der Waals surface area (Å²) >= 11 is 0. The molecule has 0 fully saturated rings. The van der Waals surface area contributed by atoms with Gasteiger partial charge in [-0.1, -0.05) is 81.1 Å². The molecule has 0 rings (SSSR count). The van der Waals surface area contributed by atoms with E-state index in [2.05, 4.69) is 55.4 Å². The van der Waals surface area contributed by atoms with Crippen LogP contribution in [0, 0.1) is 29.1 Å². The number of unbranched alkanes of at least 4 members (excludes halogenated alkanes) is 1. The Hall–Kier alpha value is 0. The maximum atomic E-state index is 2.54. The summed E-state index contributed by atoms with van der Waals surface area (Å²) < 4.78 is 0. The Bertz CT molecular complexity index is 228. The van der Waals surface area contributed by atoms with Crippen molar-refractivity contribution in [2.24, 2.45) is 29.1 Å². The van der Waals surface area contributed by atoms with E-state index < -0.39 is 0 Å². The van der Waals surface area contributed by atoms with Gasteiger partial charge in [0.15, 0.2) is 0 Å². The largest absolute Gasteiger partial charge is 0.0654 e. The van der Waals surface area contributed by atoms with Crippen molar-refractivity contribution in [3.63, 3.8) is 0 Å². The second kappa shape index (κ2) is 9.85. The van der Waals surface area contributed by atoms with Gasteiger partial charge in [-0.05, 0) is 48.3 Å². The molecule has 3 atom stereocenters.